The van der Waals surface area contributed by atoms with E-state index in [1.807, 2.05) is 32.4 Å². The van der Waals surface area contributed by atoms with Gasteiger partial charge in [-0.25, -0.2) is 0 Å². The van der Waals surface area contributed by atoms with Crippen LogP contribution in [0.15, 0.2) is 0 Å². The van der Waals surface area contributed by atoms with Gasteiger partial charge in [-0.3, -0.25) is 4.68 Å². The van der Waals surface area contributed by atoms with E-state index >= 15 is 0 Å². The Kier molecular flexibility index (Phi) is 4.54. The lowest BCUT2D eigenvalue weighted by Gasteiger charge is -2.31. The molecule has 1 fully saturated rings. The summed E-state index contributed by atoms with van der Waals surface area (Å²) in [5.74, 6) is -1.18. The van der Waals surface area contributed by atoms with E-state index in [1.54, 1.807) is 0 Å². The van der Waals surface area contributed by atoms with Crippen molar-refractivity contribution in [2.45, 2.75) is 71.6 Å². The number of rotatable bonds is 3. The second-order valence-electron chi connectivity index (χ2n) is 6.33. The molecule has 1 aliphatic rings. The molecule has 21 heavy (non-hydrogen) atoms. The summed E-state index contributed by atoms with van der Waals surface area (Å²) in [6, 6.07) is 0.126. The third-order valence-electron chi connectivity index (χ3n) is 4.30. The van der Waals surface area contributed by atoms with Crippen LogP contribution in [0.1, 0.15) is 57.0 Å². The summed E-state index contributed by atoms with van der Waals surface area (Å²) in [4.78, 5) is 0. The third-order valence-corrected chi connectivity index (χ3v) is 4.30. The second kappa shape index (κ2) is 5.89. The van der Waals surface area contributed by atoms with Gasteiger partial charge in [0.25, 0.3) is 0 Å². The van der Waals surface area contributed by atoms with Crippen LogP contribution in [0.3, 0.4) is 0 Å². The van der Waals surface area contributed by atoms with Crippen molar-refractivity contribution in [2.24, 2.45) is 5.92 Å². The minimum Gasteiger partial charge on any atom is -0.379 e. The number of halogens is 3. The van der Waals surface area contributed by atoms with E-state index in [0.29, 0.717) is 6.42 Å². The summed E-state index contributed by atoms with van der Waals surface area (Å²) in [5.41, 5.74) is 2.75. The first-order valence-electron chi connectivity index (χ1n) is 7.59. The van der Waals surface area contributed by atoms with Gasteiger partial charge in [0.2, 0.25) is 0 Å². The van der Waals surface area contributed by atoms with Crippen molar-refractivity contribution in [1.82, 2.24) is 9.78 Å². The van der Waals surface area contributed by atoms with Crippen LogP contribution < -0.4 is 5.32 Å². The summed E-state index contributed by atoms with van der Waals surface area (Å²) < 4.78 is 40.6. The molecule has 1 heterocycles. The molecular formula is C15H24F3N3. The zero-order valence-electron chi connectivity index (χ0n) is 13.1. The molecule has 1 aromatic heterocycles. The van der Waals surface area contributed by atoms with Gasteiger partial charge in [0.15, 0.2) is 0 Å². The second-order valence-corrected chi connectivity index (χ2v) is 6.33. The Labute approximate surface area is 123 Å². The van der Waals surface area contributed by atoms with E-state index in [2.05, 4.69) is 10.4 Å². The first kappa shape index (κ1) is 16.2. The van der Waals surface area contributed by atoms with E-state index in [4.69, 9.17) is 0 Å². The van der Waals surface area contributed by atoms with Crippen LogP contribution in [0.4, 0.5) is 18.9 Å². The van der Waals surface area contributed by atoms with E-state index in [1.165, 1.54) is 0 Å². The van der Waals surface area contributed by atoms with Gasteiger partial charge in [-0.1, -0.05) is 6.42 Å². The smallest absolute Gasteiger partial charge is 0.379 e. The highest BCUT2D eigenvalue weighted by atomic mass is 19.4. The van der Waals surface area contributed by atoms with Gasteiger partial charge in [-0.2, -0.15) is 18.3 Å². The predicted octanol–water partition coefficient (Wildman–Crippen LogP) is 4.61. The molecule has 6 heteroatoms. The fraction of sp³-hybridized carbons (Fsp3) is 0.800. The van der Waals surface area contributed by atoms with Crippen LogP contribution >= 0.6 is 0 Å². The van der Waals surface area contributed by atoms with Crippen LogP contribution in [0.25, 0.3) is 0 Å². The predicted molar refractivity (Wildman–Crippen MR) is 77.5 cm³/mol. The van der Waals surface area contributed by atoms with E-state index in [9.17, 15) is 13.2 Å². The molecule has 0 aliphatic heterocycles. The monoisotopic (exact) mass is 303 g/mol. The summed E-state index contributed by atoms with van der Waals surface area (Å²) >= 11 is 0. The molecule has 0 amide bonds. The number of hydrogen-bond donors (Lipinski definition) is 1. The van der Waals surface area contributed by atoms with Gasteiger partial charge in [-0.15, -0.1) is 0 Å². The average molecular weight is 303 g/mol. The topological polar surface area (TPSA) is 29.9 Å². The van der Waals surface area contributed by atoms with Crippen molar-refractivity contribution in [1.29, 1.82) is 0 Å². The average Bonchev–Trinajstić information content (AvgIpc) is 2.66. The maximum absolute atomic E-state index is 12.9. The molecule has 0 spiro atoms. The highest BCUT2D eigenvalue weighted by Gasteiger charge is 2.42. The molecule has 2 atom stereocenters. The first-order chi connectivity index (χ1) is 9.70. The molecule has 0 saturated heterocycles. The number of nitrogens with one attached hydrogen (secondary N) is 1. The molecular weight excluding hydrogens is 279 g/mol. The highest BCUT2D eigenvalue weighted by Crippen LogP contribution is 2.38. The molecule has 0 bridgehead atoms. The number of aryl methyl sites for hydroxylation is 1. The molecule has 2 rings (SSSR count). The molecule has 0 aromatic carbocycles. The number of aromatic nitrogens is 2. The van der Waals surface area contributed by atoms with Crippen molar-refractivity contribution >= 4 is 5.69 Å². The van der Waals surface area contributed by atoms with Gasteiger partial charge >= 0.3 is 6.18 Å². The van der Waals surface area contributed by atoms with Crippen molar-refractivity contribution < 1.29 is 13.2 Å². The SMILES string of the molecule is Cc1nn(C(C)C)c(C)c1NC1CCCC(C(F)(F)F)C1. The lowest BCUT2D eigenvalue weighted by atomic mass is 9.85. The van der Waals surface area contributed by atoms with Crippen LogP contribution in [-0.4, -0.2) is 22.0 Å². The number of hydrogen-bond acceptors (Lipinski definition) is 2. The molecule has 1 aromatic rings. The van der Waals surface area contributed by atoms with Gasteiger partial charge in [0, 0.05) is 12.1 Å². The first-order valence-corrected chi connectivity index (χ1v) is 7.59. The molecule has 1 saturated carbocycles. The van der Waals surface area contributed by atoms with Crippen molar-refractivity contribution in [3.8, 4) is 0 Å². The standard InChI is InChI=1S/C15H24F3N3/c1-9(2)21-11(4)14(10(3)20-21)19-13-7-5-6-12(8-13)15(16,17)18/h9,12-13,19H,5-8H2,1-4H3. The van der Waals surface area contributed by atoms with E-state index in [0.717, 1.165) is 23.5 Å². The lowest BCUT2D eigenvalue weighted by molar-refractivity contribution is -0.182. The third kappa shape index (κ3) is 3.52. The molecule has 1 N–H and O–H groups in total. The van der Waals surface area contributed by atoms with Crippen molar-refractivity contribution in [2.75, 3.05) is 5.32 Å². The maximum Gasteiger partial charge on any atom is 0.391 e. The summed E-state index contributed by atoms with van der Waals surface area (Å²) in [6.45, 7) is 7.96. The van der Waals surface area contributed by atoms with E-state index in [-0.39, 0.29) is 24.9 Å². The van der Waals surface area contributed by atoms with Gasteiger partial charge in [0.05, 0.1) is 23.0 Å². The summed E-state index contributed by atoms with van der Waals surface area (Å²) in [7, 11) is 0. The summed E-state index contributed by atoms with van der Waals surface area (Å²) in [6.07, 6.45) is -2.25. The minimum atomic E-state index is -4.08. The Morgan fingerprint density at radius 3 is 2.43 bits per heavy atom. The van der Waals surface area contributed by atoms with Gasteiger partial charge in [0.1, 0.15) is 0 Å². The Morgan fingerprint density at radius 1 is 1.24 bits per heavy atom. The maximum atomic E-state index is 12.9. The van der Waals surface area contributed by atoms with Crippen molar-refractivity contribution in [3.63, 3.8) is 0 Å². The minimum absolute atomic E-state index is 0.118. The quantitative estimate of drug-likeness (QED) is 0.883. The van der Waals surface area contributed by atoms with E-state index < -0.39 is 12.1 Å². The zero-order valence-corrected chi connectivity index (χ0v) is 13.1. The fourth-order valence-electron chi connectivity index (χ4n) is 3.20. The normalized spacial score (nSPS) is 23.6. The fourth-order valence-corrected chi connectivity index (χ4v) is 3.20. The molecule has 2 unspecified atom stereocenters. The van der Waals surface area contributed by atoms with Crippen molar-refractivity contribution in [3.05, 3.63) is 11.4 Å². The van der Waals surface area contributed by atoms with Gasteiger partial charge in [-0.05, 0) is 47.0 Å². The largest absolute Gasteiger partial charge is 0.391 e. The number of alkyl halides is 3. The molecule has 1 aliphatic carbocycles. The van der Waals surface area contributed by atoms with Crippen LogP contribution in [0, 0.1) is 19.8 Å². The Bertz CT molecular complexity index is 491. The highest BCUT2D eigenvalue weighted by molar-refractivity contribution is 5.53. The lowest BCUT2D eigenvalue weighted by Crippen LogP contribution is -2.34. The Balaban J connectivity index is 2.12. The zero-order chi connectivity index (χ0) is 15.8. The van der Waals surface area contributed by atoms with Crippen LogP contribution in [0.5, 0.6) is 0 Å². The van der Waals surface area contributed by atoms with Crippen LogP contribution in [-0.2, 0) is 0 Å². The summed E-state index contributed by atoms with van der Waals surface area (Å²) in [5, 5.41) is 7.79. The molecule has 0 radical (unpaired) electrons. The van der Waals surface area contributed by atoms with Gasteiger partial charge < -0.3 is 5.32 Å². The molecule has 3 nitrogen and oxygen atoms in total. The Morgan fingerprint density at radius 2 is 1.90 bits per heavy atom. The Hall–Kier alpha value is -1.20. The molecule has 120 valence electrons. The number of anilines is 1. The van der Waals surface area contributed by atoms with Crippen LogP contribution in [0.2, 0.25) is 0 Å². The number of nitrogens with zero attached hydrogens (tertiary/aromatic N) is 2.